The molecule has 4 nitrogen and oxygen atoms in total. The molecule has 3 rings (SSSR count). The molecule has 1 N–H and O–H groups in total. The van der Waals surface area contributed by atoms with Gasteiger partial charge in [-0.25, -0.2) is 8.78 Å². The summed E-state index contributed by atoms with van der Waals surface area (Å²) in [5, 5.41) is 7.02. The molecule has 0 aliphatic carbocycles. The number of nitrogens with zero attached hydrogens (tertiary/aromatic N) is 2. The van der Waals surface area contributed by atoms with E-state index in [2.05, 4.69) is 10.4 Å². The molecule has 0 fully saturated rings. The number of hydrogen-bond donors (Lipinski definition) is 1. The van der Waals surface area contributed by atoms with Crippen LogP contribution < -0.4 is 5.32 Å². The summed E-state index contributed by atoms with van der Waals surface area (Å²) in [6, 6.07) is 10.5. The molecule has 0 atom stereocenters. The number of amides is 1. The van der Waals surface area contributed by atoms with E-state index in [0.717, 1.165) is 29.7 Å². The number of anilines is 1. The fourth-order valence-corrected chi connectivity index (χ4v) is 2.82. The quantitative estimate of drug-likeness (QED) is 0.704. The van der Waals surface area contributed by atoms with Crippen molar-refractivity contribution in [2.24, 2.45) is 0 Å². The fourth-order valence-electron chi connectivity index (χ4n) is 2.63. The zero-order valence-electron chi connectivity index (χ0n) is 14.0. The summed E-state index contributed by atoms with van der Waals surface area (Å²) in [5.74, 6) is -2.37. The Morgan fingerprint density at radius 2 is 1.88 bits per heavy atom. The lowest BCUT2D eigenvalue weighted by molar-refractivity contribution is 0.102. The number of nitrogens with one attached hydrogen (secondary N) is 1. The van der Waals surface area contributed by atoms with Gasteiger partial charge in [0.25, 0.3) is 5.91 Å². The molecule has 3 aromatic rings. The highest BCUT2D eigenvalue weighted by atomic mass is 35.5. The van der Waals surface area contributed by atoms with Crippen LogP contribution in [0.5, 0.6) is 0 Å². The molecule has 26 heavy (non-hydrogen) atoms. The maximum atomic E-state index is 13.6. The van der Waals surface area contributed by atoms with Crippen molar-refractivity contribution in [1.29, 1.82) is 0 Å². The molecule has 0 radical (unpaired) electrons. The largest absolute Gasteiger partial charge is 0.316 e. The minimum Gasteiger partial charge on any atom is -0.316 e. The summed E-state index contributed by atoms with van der Waals surface area (Å²) in [4.78, 5) is 12.2. The lowest BCUT2D eigenvalue weighted by Crippen LogP contribution is -2.15. The van der Waals surface area contributed by atoms with Gasteiger partial charge in [0.05, 0.1) is 6.54 Å². The Hall–Kier alpha value is -2.73. The topological polar surface area (TPSA) is 46.9 Å². The van der Waals surface area contributed by atoms with Gasteiger partial charge in [-0.05, 0) is 47.9 Å². The van der Waals surface area contributed by atoms with E-state index >= 15 is 0 Å². The summed E-state index contributed by atoms with van der Waals surface area (Å²) >= 11 is 6.05. The molecule has 0 saturated carbocycles. The molecule has 0 aliphatic rings. The Morgan fingerprint density at radius 1 is 1.15 bits per heavy atom. The van der Waals surface area contributed by atoms with Gasteiger partial charge in [-0.15, -0.1) is 0 Å². The third-order valence-electron chi connectivity index (χ3n) is 3.96. The van der Waals surface area contributed by atoms with Gasteiger partial charge in [-0.1, -0.05) is 30.7 Å². The van der Waals surface area contributed by atoms with Gasteiger partial charge in [-0.3, -0.25) is 9.48 Å². The second-order valence-corrected chi connectivity index (χ2v) is 6.15. The van der Waals surface area contributed by atoms with E-state index in [1.807, 2.05) is 25.1 Å². The Labute approximate surface area is 154 Å². The number of carbonyl (C=O) groups is 1. The van der Waals surface area contributed by atoms with Gasteiger partial charge in [0.15, 0.2) is 5.69 Å². The number of aryl methyl sites for hydroxylation is 1. The molecule has 0 unspecified atom stereocenters. The molecule has 134 valence electrons. The van der Waals surface area contributed by atoms with Crippen LogP contribution in [0.1, 0.15) is 28.5 Å². The van der Waals surface area contributed by atoms with E-state index in [0.29, 0.717) is 11.6 Å². The van der Waals surface area contributed by atoms with Crippen molar-refractivity contribution in [2.75, 3.05) is 5.32 Å². The molecule has 1 amide bonds. The van der Waals surface area contributed by atoms with Gasteiger partial charge >= 0.3 is 0 Å². The Balaban J connectivity index is 1.78. The third-order valence-corrected chi connectivity index (χ3v) is 4.19. The first-order valence-corrected chi connectivity index (χ1v) is 8.42. The molecular weight excluding hydrogens is 360 g/mol. The summed E-state index contributed by atoms with van der Waals surface area (Å²) in [5.41, 5.74) is 1.70. The monoisotopic (exact) mass is 375 g/mol. The number of benzene rings is 2. The average molecular weight is 376 g/mol. The molecule has 0 bridgehead atoms. The molecule has 7 heteroatoms. The molecule has 1 heterocycles. The van der Waals surface area contributed by atoms with Crippen molar-refractivity contribution in [1.82, 2.24) is 9.78 Å². The first-order valence-electron chi connectivity index (χ1n) is 8.04. The molecule has 2 aromatic carbocycles. The van der Waals surface area contributed by atoms with E-state index < -0.39 is 23.2 Å². The van der Waals surface area contributed by atoms with Crippen molar-refractivity contribution >= 4 is 23.2 Å². The maximum absolute atomic E-state index is 13.6. The van der Waals surface area contributed by atoms with Crippen LogP contribution in [0.2, 0.25) is 5.02 Å². The fraction of sp³-hybridized carbons (Fsp3) is 0.158. The van der Waals surface area contributed by atoms with Gasteiger partial charge < -0.3 is 5.32 Å². The number of carbonyl (C=O) groups excluding carboxylic acids is 1. The predicted octanol–water partition coefficient (Wildman–Crippen LogP) is 4.68. The standard InChI is InChI=1S/C19H16ClF2N3O/c1-2-12-6-7-14(20)10-13(12)11-25-9-8-17(24-25)19(26)23-18-15(21)4-3-5-16(18)22/h3-10H,2,11H2,1H3,(H,23,26). The first kappa shape index (κ1) is 18.1. The second kappa shape index (κ2) is 7.66. The molecule has 0 saturated heterocycles. The van der Waals surface area contributed by atoms with E-state index in [1.165, 1.54) is 12.1 Å². The normalized spacial score (nSPS) is 10.8. The van der Waals surface area contributed by atoms with Crippen LogP contribution in [-0.2, 0) is 13.0 Å². The van der Waals surface area contributed by atoms with Crippen LogP contribution in [0.25, 0.3) is 0 Å². The summed E-state index contributed by atoms with van der Waals surface area (Å²) in [6.07, 6.45) is 2.47. The molecule has 1 aromatic heterocycles. The van der Waals surface area contributed by atoms with Crippen molar-refractivity contribution in [3.63, 3.8) is 0 Å². The predicted molar refractivity (Wildman–Crippen MR) is 96.5 cm³/mol. The van der Waals surface area contributed by atoms with Crippen LogP contribution in [0.4, 0.5) is 14.5 Å². The van der Waals surface area contributed by atoms with Gasteiger partial charge in [0.1, 0.15) is 17.3 Å². The lowest BCUT2D eigenvalue weighted by Gasteiger charge is -2.09. The minimum atomic E-state index is -0.843. The number of para-hydroxylation sites is 1. The van der Waals surface area contributed by atoms with Gasteiger partial charge in [0.2, 0.25) is 0 Å². The van der Waals surface area contributed by atoms with Crippen LogP contribution in [0, 0.1) is 11.6 Å². The number of halogens is 3. The highest BCUT2D eigenvalue weighted by molar-refractivity contribution is 6.30. The molecule has 0 aliphatic heterocycles. The van der Waals surface area contributed by atoms with Crippen molar-refractivity contribution in [2.45, 2.75) is 19.9 Å². The van der Waals surface area contributed by atoms with E-state index in [-0.39, 0.29) is 5.69 Å². The Morgan fingerprint density at radius 3 is 2.58 bits per heavy atom. The van der Waals surface area contributed by atoms with E-state index in [9.17, 15) is 13.6 Å². The Bertz CT molecular complexity index is 935. The second-order valence-electron chi connectivity index (χ2n) is 5.72. The number of rotatable bonds is 5. The van der Waals surface area contributed by atoms with Crippen LogP contribution >= 0.6 is 11.6 Å². The minimum absolute atomic E-state index is 0.0627. The van der Waals surface area contributed by atoms with Crippen molar-refractivity contribution in [3.8, 4) is 0 Å². The molecular formula is C19H16ClF2N3O. The highest BCUT2D eigenvalue weighted by Gasteiger charge is 2.15. The third kappa shape index (κ3) is 3.91. The van der Waals surface area contributed by atoms with Crippen LogP contribution in [0.15, 0.2) is 48.7 Å². The van der Waals surface area contributed by atoms with Gasteiger partial charge in [-0.2, -0.15) is 5.10 Å². The smallest absolute Gasteiger partial charge is 0.276 e. The average Bonchev–Trinajstić information content (AvgIpc) is 3.07. The lowest BCUT2D eigenvalue weighted by atomic mass is 10.1. The van der Waals surface area contributed by atoms with Crippen molar-refractivity contribution in [3.05, 3.63) is 82.1 Å². The van der Waals surface area contributed by atoms with E-state index in [4.69, 9.17) is 11.6 Å². The zero-order valence-corrected chi connectivity index (χ0v) is 14.7. The number of hydrogen-bond acceptors (Lipinski definition) is 2. The summed E-state index contributed by atoms with van der Waals surface area (Å²) < 4.78 is 28.9. The highest BCUT2D eigenvalue weighted by Crippen LogP contribution is 2.20. The van der Waals surface area contributed by atoms with Crippen LogP contribution in [-0.4, -0.2) is 15.7 Å². The SMILES string of the molecule is CCc1ccc(Cl)cc1Cn1ccc(C(=O)Nc2c(F)cccc2F)n1. The summed E-state index contributed by atoms with van der Waals surface area (Å²) in [6.45, 7) is 2.47. The van der Waals surface area contributed by atoms with E-state index in [1.54, 1.807) is 10.9 Å². The maximum Gasteiger partial charge on any atom is 0.276 e. The summed E-state index contributed by atoms with van der Waals surface area (Å²) in [7, 11) is 0. The zero-order chi connectivity index (χ0) is 18.7. The number of aromatic nitrogens is 2. The van der Waals surface area contributed by atoms with Crippen LogP contribution in [0.3, 0.4) is 0 Å². The Kier molecular flexibility index (Phi) is 5.32. The van der Waals surface area contributed by atoms with Gasteiger partial charge in [0, 0.05) is 11.2 Å². The van der Waals surface area contributed by atoms with Crippen molar-refractivity contribution < 1.29 is 13.6 Å². The first-order chi connectivity index (χ1) is 12.5. The molecule has 0 spiro atoms.